The summed E-state index contributed by atoms with van der Waals surface area (Å²) in [4.78, 5) is 14.2. The van der Waals surface area contributed by atoms with Crippen LogP contribution in [0.5, 0.6) is 11.5 Å². The first kappa shape index (κ1) is 15.8. The van der Waals surface area contributed by atoms with Crippen LogP contribution in [0.15, 0.2) is 18.2 Å². The number of nitrogens with zero attached hydrogens (tertiary/aromatic N) is 1. The molecule has 1 heterocycles. The highest BCUT2D eigenvalue weighted by Crippen LogP contribution is 2.28. The number of rotatable bonds is 8. The molecule has 0 unspecified atom stereocenters. The molecule has 116 valence electrons. The summed E-state index contributed by atoms with van der Waals surface area (Å²) in [6, 6.07) is 5.51. The van der Waals surface area contributed by atoms with Crippen LogP contribution in [0, 0.1) is 0 Å². The molecule has 1 aliphatic heterocycles. The van der Waals surface area contributed by atoms with E-state index in [1.165, 1.54) is 0 Å². The Kier molecular flexibility index (Phi) is 6.05. The van der Waals surface area contributed by atoms with E-state index in [9.17, 15) is 4.79 Å². The predicted molar refractivity (Wildman–Crippen MR) is 83.4 cm³/mol. The molecule has 21 heavy (non-hydrogen) atoms. The lowest BCUT2D eigenvalue weighted by Crippen LogP contribution is -2.24. The number of hydrogen-bond donors (Lipinski definition) is 0. The summed E-state index contributed by atoms with van der Waals surface area (Å²) in [5.41, 5.74) is 0.655. The Morgan fingerprint density at radius 2 is 2.05 bits per heavy atom. The predicted octanol–water partition coefficient (Wildman–Crippen LogP) is 3.15. The molecule has 0 spiro atoms. The molecule has 0 radical (unpaired) electrons. The molecule has 4 nitrogen and oxygen atoms in total. The highest BCUT2D eigenvalue weighted by Gasteiger charge is 2.18. The quantitative estimate of drug-likeness (QED) is 0.690. The third kappa shape index (κ3) is 4.46. The fraction of sp³-hybridized carbons (Fsp3) is 0.588. The number of Topliss-reactive ketones (excluding diaryl/α,β-unsaturated/α-hetero) is 1. The van der Waals surface area contributed by atoms with Crippen molar-refractivity contribution < 1.29 is 14.3 Å². The topological polar surface area (TPSA) is 38.8 Å². The Hall–Kier alpha value is -1.55. The monoisotopic (exact) mass is 291 g/mol. The van der Waals surface area contributed by atoms with Crippen LogP contribution >= 0.6 is 0 Å². The van der Waals surface area contributed by atoms with Gasteiger partial charge in [0.05, 0.1) is 18.8 Å². The van der Waals surface area contributed by atoms with Crippen molar-refractivity contribution in [1.82, 2.24) is 4.90 Å². The maximum absolute atomic E-state index is 11.8. The van der Waals surface area contributed by atoms with Crippen LogP contribution in [0.25, 0.3) is 0 Å². The summed E-state index contributed by atoms with van der Waals surface area (Å²) in [5, 5.41) is 0. The van der Waals surface area contributed by atoms with E-state index < -0.39 is 0 Å². The van der Waals surface area contributed by atoms with E-state index in [4.69, 9.17) is 9.47 Å². The molecule has 1 aliphatic rings. The number of benzene rings is 1. The molecule has 1 aromatic rings. The zero-order valence-corrected chi connectivity index (χ0v) is 13.1. The highest BCUT2D eigenvalue weighted by atomic mass is 16.5. The molecule has 0 saturated carbocycles. The third-order valence-electron chi connectivity index (χ3n) is 3.87. The standard InChI is InChI=1S/C17H25NO3/c1-3-18(4-2)10-5-6-11-20-14-7-8-17-15(13-14)16(19)9-12-21-17/h7-8,13H,3-6,9-12H2,1-2H3. The van der Waals surface area contributed by atoms with Crippen molar-refractivity contribution in [3.63, 3.8) is 0 Å². The van der Waals surface area contributed by atoms with Gasteiger partial charge in [0.1, 0.15) is 11.5 Å². The summed E-state index contributed by atoms with van der Waals surface area (Å²) >= 11 is 0. The number of carbonyl (C=O) groups excluding carboxylic acids is 1. The minimum absolute atomic E-state index is 0.142. The second-order valence-corrected chi connectivity index (χ2v) is 5.26. The number of carbonyl (C=O) groups is 1. The van der Waals surface area contributed by atoms with Crippen molar-refractivity contribution in [2.75, 3.05) is 32.8 Å². The number of fused-ring (bicyclic) bond motifs is 1. The Labute approximate surface area is 127 Å². The van der Waals surface area contributed by atoms with Crippen molar-refractivity contribution in [3.05, 3.63) is 23.8 Å². The summed E-state index contributed by atoms with van der Waals surface area (Å²) < 4.78 is 11.2. The molecule has 0 saturated heterocycles. The lowest BCUT2D eigenvalue weighted by Gasteiger charge is -2.18. The van der Waals surface area contributed by atoms with E-state index >= 15 is 0 Å². The van der Waals surface area contributed by atoms with Gasteiger partial charge in [0, 0.05) is 6.42 Å². The van der Waals surface area contributed by atoms with Gasteiger partial charge in [0.15, 0.2) is 5.78 Å². The molecule has 2 rings (SSSR count). The lowest BCUT2D eigenvalue weighted by atomic mass is 10.0. The van der Waals surface area contributed by atoms with Crippen LogP contribution in [-0.2, 0) is 0 Å². The average molecular weight is 291 g/mol. The van der Waals surface area contributed by atoms with Gasteiger partial charge in [0.25, 0.3) is 0 Å². The first-order chi connectivity index (χ1) is 10.2. The Morgan fingerprint density at radius 1 is 1.24 bits per heavy atom. The van der Waals surface area contributed by atoms with Crippen LogP contribution in [0.2, 0.25) is 0 Å². The van der Waals surface area contributed by atoms with Crippen molar-refractivity contribution in [1.29, 1.82) is 0 Å². The molecular weight excluding hydrogens is 266 g/mol. The fourth-order valence-electron chi connectivity index (χ4n) is 2.50. The number of hydrogen-bond acceptors (Lipinski definition) is 4. The summed E-state index contributed by atoms with van der Waals surface area (Å²) in [6.45, 7) is 8.87. The molecule has 0 amide bonds. The Balaban J connectivity index is 1.76. The summed E-state index contributed by atoms with van der Waals surface area (Å²) in [7, 11) is 0. The van der Waals surface area contributed by atoms with Crippen molar-refractivity contribution in [2.45, 2.75) is 33.1 Å². The molecule has 0 atom stereocenters. The molecule has 4 heteroatoms. The molecule has 0 fully saturated rings. The SMILES string of the molecule is CCN(CC)CCCCOc1ccc2c(c1)C(=O)CCO2. The van der Waals surface area contributed by atoms with Gasteiger partial charge in [-0.1, -0.05) is 13.8 Å². The van der Waals surface area contributed by atoms with Gasteiger partial charge in [0.2, 0.25) is 0 Å². The van der Waals surface area contributed by atoms with Crippen LogP contribution in [-0.4, -0.2) is 43.5 Å². The Bertz CT molecular complexity index is 469. The van der Waals surface area contributed by atoms with Crippen molar-refractivity contribution in [3.8, 4) is 11.5 Å². The molecule has 0 aliphatic carbocycles. The molecule has 1 aromatic carbocycles. The number of ketones is 1. The van der Waals surface area contributed by atoms with E-state index in [2.05, 4.69) is 18.7 Å². The van der Waals surface area contributed by atoms with E-state index in [-0.39, 0.29) is 5.78 Å². The normalized spacial score (nSPS) is 14.0. The zero-order chi connectivity index (χ0) is 15.1. The zero-order valence-electron chi connectivity index (χ0n) is 13.1. The lowest BCUT2D eigenvalue weighted by molar-refractivity contribution is 0.0932. The van der Waals surface area contributed by atoms with Crippen LogP contribution in [0.3, 0.4) is 0 Å². The van der Waals surface area contributed by atoms with Crippen LogP contribution in [0.1, 0.15) is 43.5 Å². The molecule has 0 N–H and O–H groups in total. The number of ether oxygens (including phenoxy) is 2. The van der Waals surface area contributed by atoms with E-state index in [0.29, 0.717) is 30.9 Å². The minimum Gasteiger partial charge on any atom is -0.494 e. The smallest absolute Gasteiger partial charge is 0.170 e. The van der Waals surface area contributed by atoms with Gasteiger partial charge in [-0.2, -0.15) is 0 Å². The van der Waals surface area contributed by atoms with Crippen molar-refractivity contribution >= 4 is 5.78 Å². The van der Waals surface area contributed by atoms with Crippen molar-refractivity contribution in [2.24, 2.45) is 0 Å². The summed E-state index contributed by atoms with van der Waals surface area (Å²) in [6.07, 6.45) is 2.62. The molecular formula is C17H25NO3. The fourth-order valence-corrected chi connectivity index (χ4v) is 2.50. The first-order valence-corrected chi connectivity index (χ1v) is 7.89. The van der Waals surface area contributed by atoms with Crippen LogP contribution in [0.4, 0.5) is 0 Å². The minimum atomic E-state index is 0.142. The van der Waals surface area contributed by atoms with Gasteiger partial charge in [-0.3, -0.25) is 4.79 Å². The summed E-state index contributed by atoms with van der Waals surface area (Å²) in [5.74, 6) is 1.58. The van der Waals surface area contributed by atoms with Gasteiger partial charge in [-0.25, -0.2) is 0 Å². The highest BCUT2D eigenvalue weighted by molar-refractivity contribution is 5.99. The van der Waals surface area contributed by atoms with E-state index in [1.54, 1.807) is 6.07 Å². The van der Waals surface area contributed by atoms with E-state index in [1.807, 2.05) is 12.1 Å². The van der Waals surface area contributed by atoms with Crippen LogP contribution < -0.4 is 9.47 Å². The average Bonchev–Trinajstić information content (AvgIpc) is 2.51. The van der Waals surface area contributed by atoms with Gasteiger partial charge >= 0.3 is 0 Å². The van der Waals surface area contributed by atoms with Gasteiger partial charge < -0.3 is 14.4 Å². The largest absolute Gasteiger partial charge is 0.494 e. The molecule has 0 bridgehead atoms. The van der Waals surface area contributed by atoms with E-state index in [0.717, 1.165) is 38.2 Å². The first-order valence-electron chi connectivity index (χ1n) is 7.89. The second kappa shape index (κ2) is 8.03. The van der Waals surface area contributed by atoms with Gasteiger partial charge in [-0.05, 0) is 50.7 Å². The maximum Gasteiger partial charge on any atom is 0.170 e. The third-order valence-corrected chi connectivity index (χ3v) is 3.87. The van der Waals surface area contributed by atoms with Gasteiger partial charge in [-0.15, -0.1) is 0 Å². The number of unbranched alkanes of at least 4 members (excludes halogenated alkanes) is 1. The second-order valence-electron chi connectivity index (χ2n) is 5.26. The Morgan fingerprint density at radius 3 is 2.81 bits per heavy atom. The maximum atomic E-state index is 11.8. The molecule has 0 aromatic heterocycles.